The van der Waals surface area contributed by atoms with Crippen molar-refractivity contribution in [3.05, 3.63) is 34.9 Å². The van der Waals surface area contributed by atoms with Crippen molar-refractivity contribution in [1.29, 1.82) is 0 Å². The molecule has 2 atom stereocenters. The quantitative estimate of drug-likeness (QED) is 0.880. The molecule has 1 aliphatic heterocycles. The van der Waals surface area contributed by atoms with Gasteiger partial charge in [0.15, 0.2) is 0 Å². The molecule has 0 bridgehead atoms. The van der Waals surface area contributed by atoms with Crippen LogP contribution in [0, 0.1) is 5.92 Å². The van der Waals surface area contributed by atoms with Gasteiger partial charge in [0.2, 0.25) is 0 Å². The molecule has 18 heavy (non-hydrogen) atoms. The summed E-state index contributed by atoms with van der Waals surface area (Å²) in [5.41, 5.74) is 0.348. The van der Waals surface area contributed by atoms with Gasteiger partial charge in [-0.05, 0) is 51.8 Å². The predicted molar refractivity (Wildman–Crippen MR) is 73.8 cm³/mol. The second-order valence-electron chi connectivity index (χ2n) is 6.28. The monoisotopic (exact) mass is 268 g/mol. The van der Waals surface area contributed by atoms with Crippen molar-refractivity contribution in [2.75, 3.05) is 0 Å². The molecular formula is C15H21ClO2. The van der Waals surface area contributed by atoms with E-state index < -0.39 is 6.10 Å². The van der Waals surface area contributed by atoms with Crippen molar-refractivity contribution in [1.82, 2.24) is 0 Å². The number of aliphatic hydroxyl groups is 1. The smallest absolute Gasteiger partial charge is 0.0847 e. The van der Waals surface area contributed by atoms with Gasteiger partial charge < -0.3 is 9.84 Å². The van der Waals surface area contributed by atoms with Crippen LogP contribution in [0.15, 0.2) is 24.3 Å². The molecule has 3 heteroatoms. The first kappa shape index (κ1) is 13.9. The van der Waals surface area contributed by atoms with Crippen LogP contribution in [0.5, 0.6) is 0 Å². The summed E-state index contributed by atoms with van der Waals surface area (Å²) in [5.74, 6) is 0.0750. The van der Waals surface area contributed by atoms with E-state index >= 15 is 0 Å². The Hall–Kier alpha value is -0.570. The number of hydrogen-bond donors (Lipinski definition) is 1. The van der Waals surface area contributed by atoms with Gasteiger partial charge in [-0.15, -0.1) is 0 Å². The Morgan fingerprint density at radius 1 is 1.33 bits per heavy atom. The molecule has 0 aromatic heterocycles. The molecule has 0 radical (unpaired) electrons. The Bertz CT molecular complexity index is 440. The van der Waals surface area contributed by atoms with E-state index in [1.54, 1.807) is 0 Å². The van der Waals surface area contributed by atoms with E-state index in [-0.39, 0.29) is 17.1 Å². The zero-order valence-electron chi connectivity index (χ0n) is 11.4. The normalized spacial score (nSPS) is 27.1. The average Bonchev–Trinajstić information content (AvgIpc) is 2.45. The Kier molecular flexibility index (Phi) is 3.48. The van der Waals surface area contributed by atoms with E-state index in [2.05, 4.69) is 13.8 Å². The third-order valence-electron chi connectivity index (χ3n) is 3.72. The topological polar surface area (TPSA) is 29.5 Å². The molecule has 1 aromatic rings. The molecule has 1 N–H and O–H groups in total. The first-order chi connectivity index (χ1) is 8.21. The van der Waals surface area contributed by atoms with Crippen LogP contribution >= 0.6 is 11.6 Å². The molecular weight excluding hydrogens is 248 g/mol. The highest BCUT2D eigenvalue weighted by atomic mass is 35.5. The van der Waals surface area contributed by atoms with Gasteiger partial charge in [0, 0.05) is 10.9 Å². The van der Waals surface area contributed by atoms with Gasteiger partial charge in [-0.2, -0.15) is 0 Å². The Morgan fingerprint density at radius 3 is 2.50 bits per heavy atom. The minimum atomic E-state index is -0.541. The van der Waals surface area contributed by atoms with Gasteiger partial charge in [-0.3, -0.25) is 0 Å². The summed E-state index contributed by atoms with van der Waals surface area (Å²) in [6.07, 6.45) is 0.300. The lowest BCUT2D eigenvalue weighted by Gasteiger charge is -2.30. The van der Waals surface area contributed by atoms with Crippen LogP contribution < -0.4 is 0 Å². The number of hydrogen-bond acceptors (Lipinski definition) is 2. The predicted octanol–water partition coefficient (Wildman–Crippen LogP) is 3.97. The van der Waals surface area contributed by atoms with E-state index in [0.717, 1.165) is 12.0 Å². The fourth-order valence-electron chi connectivity index (χ4n) is 3.02. The van der Waals surface area contributed by atoms with E-state index in [1.165, 1.54) is 0 Å². The van der Waals surface area contributed by atoms with Crippen LogP contribution in [0.2, 0.25) is 5.02 Å². The average molecular weight is 269 g/mol. The number of aliphatic hydroxyl groups excluding tert-OH is 1. The van der Waals surface area contributed by atoms with Crippen molar-refractivity contribution >= 4 is 11.6 Å². The summed E-state index contributed by atoms with van der Waals surface area (Å²) >= 11 is 5.98. The van der Waals surface area contributed by atoms with Crippen molar-refractivity contribution < 1.29 is 9.84 Å². The van der Waals surface area contributed by atoms with Gasteiger partial charge in [0.1, 0.15) is 0 Å². The number of rotatable bonds is 2. The van der Waals surface area contributed by atoms with E-state index in [1.807, 2.05) is 38.1 Å². The molecule has 0 saturated carbocycles. The van der Waals surface area contributed by atoms with Crippen LogP contribution in [-0.2, 0) is 4.74 Å². The first-order valence-electron chi connectivity index (χ1n) is 6.35. The zero-order chi connectivity index (χ0) is 13.6. The maximum Gasteiger partial charge on any atom is 0.0847 e. The van der Waals surface area contributed by atoms with Crippen molar-refractivity contribution in [2.45, 2.75) is 51.4 Å². The molecule has 0 aliphatic carbocycles. The number of benzene rings is 1. The summed E-state index contributed by atoms with van der Waals surface area (Å²) in [7, 11) is 0. The van der Waals surface area contributed by atoms with Gasteiger partial charge >= 0.3 is 0 Å². The fraction of sp³-hybridized carbons (Fsp3) is 0.600. The van der Waals surface area contributed by atoms with Crippen LogP contribution in [0.3, 0.4) is 0 Å². The lowest BCUT2D eigenvalue weighted by Crippen LogP contribution is -2.32. The molecule has 2 unspecified atom stereocenters. The molecule has 1 heterocycles. The van der Waals surface area contributed by atoms with Crippen LogP contribution in [0.1, 0.15) is 45.8 Å². The Labute approximate surface area is 114 Å². The van der Waals surface area contributed by atoms with Gasteiger partial charge in [0.05, 0.1) is 17.3 Å². The second-order valence-corrected chi connectivity index (χ2v) is 6.71. The summed E-state index contributed by atoms with van der Waals surface area (Å²) in [4.78, 5) is 0. The second kappa shape index (κ2) is 4.52. The molecule has 2 rings (SSSR count). The molecule has 100 valence electrons. The van der Waals surface area contributed by atoms with Gasteiger partial charge in [-0.1, -0.05) is 23.7 Å². The van der Waals surface area contributed by atoms with E-state index in [0.29, 0.717) is 5.02 Å². The maximum absolute atomic E-state index is 10.6. The Balaban J connectivity index is 2.26. The molecule has 1 fully saturated rings. The van der Waals surface area contributed by atoms with Crippen LogP contribution in [-0.4, -0.2) is 16.3 Å². The molecule has 0 spiro atoms. The molecule has 1 aromatic carbocycles. The highest BCUT2D eigenvalue weighted by Crippen LogP contribution is 2.47. The van der Waals surface area contributed by atoms with Crippen LogP contribution in [0.25, 0.3) is 0 Å². The first-order valence-corrected chi connectivity index (χ1v) is 6.73. The molecule has 0 amide bonds. The highest BCUT2D eigenvalue weighted by Gasteiger charge is 2.49. The minimum Gasteiger partial charge on any atom is -0.388 e. The number of halogens is 1. The summed E-state index contributed by atoms with van der Waals surface area (Å²) in [5, 5.41) is 11.2. The lowest BCUT2D eigenvalue weighted by molar-refractivity contribution is -0.0880. The van der Waals surface area contributed by atoms with Crippen molar-refractivity contribution in [2.24, 2.45) is 5.92 Å². The van der Waals surface area contributed by atoms with Crippen molar-refractivity contribution in [3.8, 4) is 0 Å². The van der Waals surface area contributed by atoms with Gasteiger partial charge in [-0.25, -0.2) is 0 Å². The Morgan fingerprint density at radius 2 is 2.00 bits per heavy atom. The maximum atomic E-state index is 10.6. The van der Waals surface area contributed by atoms with E-state index in [9.17, 15) is 5.11 Å². The summed E-state index contributed by atoms with van der Waals surface area (Å²) in [6.45, 7) is 8.22. The SMILES string of the molecule is CC1(C)CC(C(O)c2cccc(Cl)c2)C(C)(C)O1. The molecule has 2 nitrogen and oxygen atoms in total. The number of ether oxygens (including phenoxy) is 1. The zero-order valence-corrected chi connectivity index (χ0v) is 12.2. The molecule has 1 aliphatic rings. The van der Waals surface area contributed by atoms with Crippen molar-refractivity contribution in [3.63, 3.8) is 0 Å². The fourth-order valence-corrected chi connectivity index (χ4v) is 3.22. The van der Waals surface area contributed by atoms with Gasteiger partial charge in [0.25, 0.3) is 0 Å². The third kappa shape index (κ3) is 2.71. The summed E-state index contributed by atoms with van der Waals surface area (Å²) in [6, 6.07) is 7.43. The lowest BCUT2D eigenvalue weighted by atomic mass is 9.80. The molecule has 1 saturated heterocycles. The summed E-state index contributed by atoms with van der Waals surface area (Å²) < 4.78 is 6.03. The third-order valence-corrected chi connectivity index (χ3v) is 3.95. The van der Waals surface area contributed by atoms with E-state index in [4.69, 9.17) is 16.3 Å². The largest absolute Gasteiger partial charge is 0.388 e. The minimum absolute atomic E-state index is 0.0750. The van der Waals surface area contributed by atoms with Crippen LogP contribution in [0.4, 0.5) is 0 Å². The highest BCUT2D eigenvalue weighted by molar-refractivity contribution is 6.30. The standard InChI is InChI=1S/C15H21ClO2/c1-14(2)9-12(15(3,4)18-14)13(17)10-6-5-7-11(16)8-10/h5-8,12-13,17H,9H2,1-4H3.